The Morgan fingerprint density at radius 3 is 2.57 bits per heavy atom. The number of carbonyl (C=O) groups is 2. The number of amides is 2. The van der Waals surface area contributed by atoms with Crippen LogP contribution in [0, 0.1) is 5.82 Å². The van der Waals surface area contributed by atoms with Crippen LogP contribution in [0.3, 0.4) is 0 Å². The Morgan fingerprint density at radius 2 is 2.00 bits per heavy atom. The summed E-state index contributed by atoms with van der Waals surface area (Å²) < 4.78 is 39.0. The smallest absolute Gasteiger partial charge is 0.411 e. The molecule has 2 rings (SSSR count). The number of ether oxygens (including phenoxy) is 2. The van der Waals surface area contributed by atoms with Gasteiger partial charge in [-0.2, -0.15) is 0 Å². The van der Waals surface area contributed by atoms with Gasteiger partial charge in [-0.1, -0.05) is 23.7 Å². The molecule has 1 saturated heterocycles. The lowest BCUT2D eigenvalue weighted by Crippen LogP contribution is -2.52. The van der Waals surface area contributed by atoms with Gasteiger partial charge in [-0.05, 0) is 33.8 Å². The molecule has 1 aliphatic heterocycles. The fraction of sp³-hybridized carbons (Fsp3) is 0.579. The number of nitrogens with one attached hydrogen (secondary N) is 1. The Kier molecular flexibility index (Phi) is 6.88. The molecule has 9 heteroatoms. The number of rotatable bonds is 4. The third kappa shape index (κ3) is 4.91. The third-order valence-corrected chi connectivity index (χ3v) is 4.64. The molecule has 1 aromatic rings. The second-order valence-electron chi connectivity index (χ2n) is 7.67. The number of likely N-dealkylation sites (tertiary alicyclic amines) is 1. The van der Waals surface area contributed by atoms with E-state index < -0.39 is 47.8 Å². The van der Waals surface area contributed by atoms with Crippen LogP contribution in [0.15, 0.2) is 18.2 Å². The standard InChI is InChI=1S/C19H25ClF2N2O4/c1-10(11-7-6-8-12(20)14(11)22)23-17(25)15-16(27-5)13(21)9-24(15)18(26)28-19(2,3)4/h6-8,10,13,15-16H,9H2,1-5H3,(H,23,25)/t10-,13+,15+,16-/m1/s1. The van der Waals surface area contributed by atoms with Gasteiger partial charge in [-0.3, -0.25) is 9.69 Å². The molecule has 0 radical (unpaired) electrons. The maximum atomic E-state index is 14.4. The summed E-state index contributed by atoms with van der Waals surface area (Å²) in [4.78, 5) is 26.3. The number of hydrogen-bond donors (Lipinski definition) is 1. The van der Waals surface area contributed by atoms with Crippen molar-refractivity contribution >= 4 is 23.6 Å². The summed E-state index contributed by atoms with van der Waals surface area (Å²) in [7, 11) is 1.26. The number of nitrogens with zero attached hydrogens (tertiary/aromatic N) is 1. The summed E-state index contributed by atoms with van der Waals surface area (Å²) in [6.45, 7) is 6.22. The van der Waals surface area contributed by atoms with Crippen molar-refractivity contribution in [2.45, 2.75) is 57.7 Å². The predicted molar refractivity (Wildman–Crippen MR) is 100 cm³/mol. The van der Waals surface area contributed by atoms with E-state index in [1.165, 1.54) is 19.2 Å². The molecule has 1 fully saturated rings. The van der Waals surface area contributed by atoms with Crippen LogP contribution in [-0.4, -0.2) is 54.5 Å². The molecule has 156 valence electrons. The largest absolute Gasteiger partial charge is 0.444 e. The third-order valence-electron chi connectivity index (χ3n) is 4.35. The number of hydrogen-bond acceptors (Lipinski definition) is 4. The molecule has 0 saturated carbocycles. The van der Waals surface area contributed by atoms with Gasteiger partial charge in [0.15, 0.2) is 0 Å². The monoisotopic (exact) mass is 418 g/mol. The first kappa shape index (κ1) is 22.4. The van der Waals surface area contributed by atoms with Crippen LogP contribution >= 0.6 is 11.6 Å². The van der Waals surface area contributed by atoms with E-state index in [2.05, 4.69) is 5.32 Å². The summed E-state index contributed by atoms with van der Waals surface area (Å²) in [6.07, 6.45) is -3.55. The minimum atomic E-state index is -1.56. The zero-order valence-corrected chi connectivity index (χ0v) is 17.2. The molecule has 0 spiro atoms. The molecule has 0 aliphatic carbocycles. The second kappa shape index (κ2) is 8.61. The number of alkyl halides is 1. The van der Waals surface area contributed by atoms with Crippen molar-refractivity contribution < 1.29 is 27.8 Å². The Balaban J connectivity index is 2.23. The molecule has 1 aromatic carbocycles. The highest BCUT2D eigenvalue weighted by molar-refractivity contribution is 6.30. The van der Waals surface area contributed by atoms with E-state index in [-0.39, 0.29) is 17.1 Å². The van der Waals surface area contributed by atoms with Gasteiger partial charge in [0.1, 0.15) is 29.7 Å². The van der Waals surface area contributed by atoms with E-state index in [0.29, 0.717) is 0 Å². The van der Waals surface area contributed by atoms with Gasteiger partial charge in [0.05, 0.1) is 17.6 Å². The van der Waals surface area contributed by atoms with Crippen LogP contribution < -0.4 is 5.32 Å². The highest BCUT2D eigenvalue weighted by Gasteiger charge is 2.50. The van der Waals surface area contributed by atoms with E-state index in [9.17, 15) is 18.4 Å². The fourth-order valence-corrected chi connectivity index (χ4v) is 3.27. The van der Waals surface area contributed by atoms with E-state index in [1.807, 2.05) is 0 Å². The van der Waals surface area contributed by atoms with Crippen LogP contribution in [0.2, 0.25) is 5.02 Å². The minimum Gasteiger partial charge on any atom is -0.444 e. The minimum absolute atomic E-state index is 0.0755. The van der Waals surface area contributed by atoms with Crippen LogP contribution in [-0.2, 0) is 14.3 Å². The topological polar surface area (TPSA) is 67.9 Å². The van der Waals surface area contributed by atoms with E-state index in [1.54, 1.807) is 33.8 Å². The van der Waals surface area contributed by atoms with Gasteiger partial charge < -0.3 is 14.8 Å². The molecule has 2 amide bonds. The summed E-state index contributed by atoms with van der Waals surface area (Å²) in [6, 6.07) is 2.42. The molecule has 0 unspecified atom stereocenters. The Morgan fingerprint density at radius 1 is 1.36 bits per heavy atom. The molecular formula is C19H25ClF2N2O4. The molecule has 1 heterocycles. The Bertz CT molecular complexity index is 741. The van der Waals surface area contributed by atoms with Gasteiger partial charge in [-0.25, -0.2) is 13.6 Å². The average Bonchev–Trinajstić information content (AvgIpc) is 2.92. The van der Waals surface area contributed by atoms with Gasteiger partial charge in [0.25, 0.3) is 0 Å². The summed E-state index contributed by atoms with van der Waals surface area (Å²) in [5, 5.41) is 2.53. The number of methoxy groups -OCH3 is 1. The lowest BCUT2D eigenvalue weighted by atomic mass is 10.1. The van der Waals surface area contributed by atoms with Crippen molar-refractivity contribution in [1.29, 1.82) is 0 Å². The zero-order valence-electron chi connectivity index (χ0n) is 16.5. The van der Waals surface area contributed by atoms with E-state index in [4.69, 9.17) is 21.1 Å². The summed E-state index contributed by atoms with van der Waals surface area (Å²) >= 11 is 5.79. The van der Waals surface area contributed by atoms with Gasteiger partial charge in [-0.15, -0.1) is 0 Å². The molecule has 1 N–H and O–H groups in total. The maximum absolute atomic E-state index is 14.4. The van der Waals surface area contributed by atoms with Crippen LogP contribution in [0.25, 0.3) is 0 Å². The average molecular weight is 419 g/mol. The lowest BCUT2D eigenvalue weighted by Gasteiger charge is -2.30. The van der Waals surface area contributed by atoms with Gasteiger partial charge in [0, 0.05) is 12.7 Å². The quantitative estimate of drug-likeness (QED) is 0.810. The number of carbonyl (C=O) groups excluding carboxylic acids is 2. The van der Waals surface area contributed by atoms with E-state index in [0.717, 1.165) is 4.90 Å². The molecule has 0 aromatic heterocycles. The molecule has 28 heavy (non-hydrogen) atoms. The highest BCUT2D eigenvalue weighted by Crippen LogP contribution is 2.28. The maximum Gasteiger partial charge on any atom is 0.411 e. The van der Waals surface area contributed by atoms with Crippen molar-refractivity contribution in [3.8, 4) is 0 Å². The van der Waals surface area contributed by atoms with Crippen molar-refractivity contribution in [3.63, 3.8) is 0 Å². The van der Waals surface area contributed by atoms with Gasteiger partial charge >= 0.3 is 6.09 Å². The van der Waals surface area contributed by atoms with Crippen molar-refractivity contribution in [2.75, 3.05) is 13.7 Å². The SMILES string of the molecule is CO[C@H]1[C@@H](C(=O)N[C@H](C)c2cccc(Cl)c2F)N(C(=O)OC(C)(C)C)C[C@@H]1F. The van der Waals surface area contributed by atoms with Crippen molar-refractivity contribution in [1.82, 2.24) is 10.2 Å². The molecule has 1 aliphatic rings. The molecular weight excluding hydrogens is 394 g/mol. The molecule has 4 atom stereocenters. The Hall–Kier alpha value is -1.93. The van der Waals surface area contributed by atoms with Crippen LogP contribution in [0.4, 0.5) is 13.6 Å². The summed E-state index contributed by atoms with van der Waals surface area (Å²) in [5.74, 6) is -1.33. The first-order valence-corrected chi connectivity index (χ1v) is 9.24. The Labute approximate surface area is 168 Å². The molecule has 6 nitrogen and oxygen atoms in total. The van der Waals surface area contributed by atoms with Crippen molar-refractivity contribution in [3.05, 3.63) is 34.6 Å². The first-order chi connectivity index (χ1) is 13.0. The van der Waals surface area contributed by atoms with Crippen LogP contribution in [0.5, 0.6) is 0 Å². The second-order valence-corrected chi connectivity index (χ2v) is 8.07. The molecule has 0 bridgehead atoms. The predicted octanol–water partition coefficient (Wildman–Crippen LogP) is 3.63. The zero-order chi connectivity index (χ0) is 21.2. The highest BCUT2D eigenvalue weighted by atomic mass is 35.5. The number of halogens is 3. The number of benzene rings is 1. The summed E-state index contributed by atoms with van der Waals surface area (Å²) in [5.41, 5.74) is -0.639. The van der Waals surface area contributed by atoms with Gasteiger partial charge in [0.2, 0.25) is 5.91 Å². The lowest BCUT2D eigenvalue weighted by molar-refractivity contribution is -0.129. The van der Waals surface area contributed by atoms with E-state index >= 15 is 0 Å². The van der Waals surface area contributed by atoms with Crippen molar-refractivity contribution in [2.24, 2.45) is 0 Å². The fourth-order valence-electron chi connectivity index (χ4n) is 3.09. The first-order valence-electron chi connectivity index (χ1n) is 8.87. The normalized spacial score (nSPS) is 23.4. The van der Waals surface area contributed by atoms with Crippen LogP contribution in [0.1, 0.15) is 39.3 Å².